The van der Waals surface area contributed by atoms with E-state index in [-0.39, 0.29) is 6.04 Å². The zero-order valence-electron chi connectivity index (χ0n) is 9.87. The Bertz CT molecular complexity index is 526. The van der Waals surface area contributed by atoms with Crippen LogP contribution in [0.25, 0.3) is 5.82 Å². The van der Waals surface area contributed by atoms with Crippen molar-refractivity contribution in [3.05, 3.63) is 41.9 Å². The van der Waals surface area contributed by atoms with Crippen molar-refractivity contribution in [2.75, 3.05) is 0 Å². The average molecular weight is 228 g/mol. The van der Waals surface area contributed by atoms with E-state index in [1.807, 2.05) is 29.9 Å². The van der Waals surface area contributed by atoms with Crippen molar-refractivity contribution in [3.8, 4) is 5.82 Å². The molecule has 88 valence electrons. The highest BCUT2D eigenvalue weighted by molar-refractivity contribution is 5.35. The molecule has 2 aromatic heterocycles. The van der Waals surface area contributed by atoms with E-state index in [0.717, 1.165) is 11.4 Å². The monoisotopic (exact) mass is 228 g/mol. The summed E-state index contributed by atoms with van der Waals surface area (Å²) < 4.78 is 1.84. The highest BCUT2D eigenvalue weighted by Crippen LogP contribution is 2.39. The van der Waals surface area contributed by atoms with Crippen LogP contribution in [0, 0.1) is 0 Å². The number of nitrogens with zero attached hydrogens (tertiary/aromatic N) is 3. The van der Waals surface area contributed by atoms with Gasteiger partial charge >= 0.3 is 0 Å². The van der Waals surface area contributed by atoms with Gasteiger partial charge in [-0.15, -0.1) is 0 Å². The number of aromatic nitrogens is 3. The van der Waals surface area contributed by atoms with E-state index < -0.39 is 0 Å². The summed E-state index contributed by atoms with van der Waals surface area (Å²) in [4.78, 5) is 4.38. The van der Waals surface area contributed by atoms with Gasteiger partial charge in [0.25, 0.3) is 0 Å². The van der Waals surface area contributed by atoms with Gasteiger partial charge in [0.1, 0.15) is 0 Å². The predicted octanol–water partition coefficient (Wildman–Crippen LogP) is 2.16. The number of hydrogen-bond acceptors (Lipinski definition) is 3. The summed E-state index contributed by atoms with van der Waals surface area (Å²) in [5, 5.41) is 4.58. The van der Waals surface area contributed by atoms with Gasteiger partial charge in [0.15, 0.2) is 5.82 Å². The topological polar surface area (TPSA) is 56.7 Å². The molecule has 0 saturated heterocycles. The quantitative estimate of drug-likeness (QED) is 0.875. The summed E-state index contributed by atoms with van der Waals surface area (Å²) in [7, 11) is 0. The number of rotatable bonds is 3. The van der Waals surface area contributed by atoms with Gasteiger partial charge in [-0.3, -0.25) is 0 Å². The normalized spacial score (nSPS) is 17.1. The molecule has 1 atom stereocenters. The molecule has 1 saturated carbocycles. The minimum atomic E-state index is -0.0349. The van der Waals surface area contributed by atoms with E-state index in [0.29, 0.717) is 5.92 Å². The fourth-order valence-electron chi connectivity index (χ4n) is 2.01. The summed E-state index contributed by atoms with van der Waals surface area (Å²) in [5.74, 6) is 1.51. The Morgan fingerprint density at radius 2 is 2.24 bits per heavy atom. The Morgan fingerprint density at radius 1 is 1.41 bits per heavy atom. The Balaban J connectivity index is 2.01. The molecule has 17 heavy (non-hydrogen) atoms. The SMILES string of the molecule is C[C@@H](N)c1cccnc1-n1ccc(C2CC2)n1. The molecule has 0 aliphatic heterocycles. The van der Waals surface area contributed by atoms with E-state index >= 15 is 0 Å². The number of nitrogens with two attached hydrogens (primary N) is 1. The predicted molar refractivity (Wildman–Crippen MR) is 65.9 cm³/mol. The molecule has 2 heterocycles. The highest BCUT2D eigenvalue weighted by Gasteiger charge is 2.26. The third kappa shape index (κ3) is 1.96. The zero-order chi connectivity index (χ0) is 11.8. The van der Waals surface area contributed by atoms with E-state index in [2.05, 4.69) is 16.1 Å². The van der Waals surface area contributed by atoms with E-state index in [4.69, 9.17) is 5.73 Å². The first-order valence-electron chi connectivity index (χ1n) is 6.02. The first-order chi connectivity index (χ1) is 8.25. The van der Waals surface area contributed by atoms with Crippen LogP contribution in [0.3, 0.4) is 0 Å². The second-order valence-corrected chi connectivity index (χ2v) is 4.66. The van der Waals surface area contributed by atoms with Crippen LogP contribution >= 0.6 is 0 Å². The summed E-state index contributed by atoms with van der Waals surface area (Å²) in [6, 6.07) is 5.96. The molecule has 2 N–H and O–H groups in total. The number of pyridine rings is 1. The van der Waals surface area contributed by atoms with Crippen molar-refractivity contribution in [1.29, 1.82) is 0 Å². The van der Waals surface area contributed by atoms with E-state index in [1.165, 1.54) is 18.5 Å². The molecule has 3 rings (SSSR count). The number of hydrogen-bond donors (Lipinski definition) is 1. The van der Waals surface area contributed by atoms with Crippen LogP contribution in [-0.4, -0.2) is 14.8 Å². The molecule has 1 fully saturated rings. The van der Waals surface area contributed by atoms with E-state index in [9.17, 15) is 0 Å². The third-order valence-corrected chi connectivity index (χ3v) is 3.13. The van der Waals surface area contributed by atoms with Crippen LogP contribution in [0.5, 0.6) is 0 Å². The van der Waals surface area contributed by atoms with Gasteiger partial charge < -0.3 is 5.73 Å². The lowest BCUT2D eigenvalue weighted by molar-refractivity contribution is 0.751. The molecular formula is C13H16N4. The molecule has 1 aliphatic carbocycles. The fourth-order valence-corrected chi connectivity index (χ4v) is 2.01. The minimum Gasteiger partial charge on any atom is -0.324 e. The first kappa shape index (κ1) is 10.5. The van der Waals surface area contributed by atoms with Crippen LogP contribution in [0.1, 0.15) is 43.0 Å². The van der Waals surface area contributed by atoms with Gasteiger partial charge in [0, 0.05) is 29.9 Å². The molecule has 0 aromatic carbocycles. The van der Waals surface area contributed by atoms with Gasteiger partial charge in [-0.1, -0.05) is 6.07 Å². The summed E-state index contributed by atoms with van der Waals surface area (Å²) in [6.07, 6.45) is 6.28. The molecule has 4 nitrogen and oxygen atoms in total. The lowest BCUT2D eigenvalue weighted by Gasteiger charge is -2.10. The van der Waals surface area contributed by atoms with Crippen LogP contribution in [0.15, 0.2) is 30.6 Å². The van der Waals surface area contributed by atoms with Crippen molar-refractivity contribution < 1.29 is 0 Å². The Labute approximate surface area is 100 Å². The third-order valence-electron chi connectivity index (χ3n) is 3.13. The summed E-state index contributed by atoms with van der Waals surface area (Å²) in [5.41, 5.74) is 8.15. The van der Waals surface area contributed by atoms with Crippen molar-refractivity contribution in [2.24, 2.45) is 5.73 Å². The summed E-state index contributed by atoms with van der Waals surface area (Å²) >= 11 is 0. The summed E-state index contributed by atoms with van der Waals surface area (Å²) in [6.45, 7) is 1.96. The maximum Gasteiger partial charge on any atom is 0.158 e. The van der Waals surface area contributed by atoms with Crippen molar-refractivity contribution in [1.82, 2.24) is 14.8 Å². The molecule has 0 spiro atoms. The molecule has 0 bridgehead atoms. The second-order valence-electron chi connectivity index (χ2n) is 4.66. The van der Waals surface area contributed by atoms with Crippen molar-refractivity contribution >= 4 is 0 Å². The average Bonchev–Trinajstić information content (AvgIpc) is 3.07. The van der Waals surface area contributed by atoms with Crippen LogP contribution in [0.4, 0.5) is 0 Å². The standard InChI is InChI=1S/C13H16N4/c1-9(14)11-3-2-7-15-13(11)17-8-6-12(16-17)10-4-5-10/h2-3,6-10H,4-5,14H2,1H3/t9-/m1/s1. The Kier molecular flexibility index (Phi) is 2.44. The fraction of sp³-hybridized carbons (Fsp3) is 0.385. The van der Waals surface area contributed by atoms with Gasteiger partial charge in [0.2, 0.25) is 0 Å². The lowest BCUT2D eigenvalue weighted by atomic mass is 10.1. The molecule has 0 unspecified atom stereocenters. The van der Waals surface area contributed by atoms with Crippen molar-refractivity contribution in [2.45, 2.75) is 31.7 Å². The minimum absolute atomic E-state index is 0.0349. The van der Waals surface area contributed by atoms with Crippen molar-refractivity contribution in [3.63, 3.8) is 0 Å². The Hall–Kier alpha value is -1.68. The maximum absolute atomic E-state index is 5.95. The molecule has 2 aromatic rings. The largest absolute Gasteiger partial charge is 0.324 e. The van der Waals surface area contributed by atoms with Crippen LogP contribution in [-0.2, 0) is 0 Å². The molecule has 1 aliphatic rings. The van der Waals surface area contributed by atoms with Crippen LogP contribution in [0.2, 0.25) is 0 Å². The lowest BCUT2D eigenvalue weighted by Crippen LogP contribution is -2.11. The van der Waals surface area contributed by atoms with Gasteiger partial charge in [-0.2, -0.15) is 5.10 Å². The first-order valence-corrected chi connectivity index (χ1v) is 6.02. The van der Waals surface area contributed by atoms with E-state index in [1.54, 1.807) is 6.20 Å². The molecule has 4 heteroatoms. The second kappa shape index (κ2) is 3.96. The molecule has 0 radical (unpaired) electrons. The smallest absolute Gasteiger partial charge is 0.158 e. The van der Waals surface area contributed by atoms with Gasteiger partial charge in [-0.25, -0.2) is 9.67 Å². The Morgan fingerprint density at radius 3 is 2.94 bits per heavy atom. The van der Waals surface area contributed by atoms with Gasteiger partial charge in [0.05, 0.1) is 5.69 Å². The molecule has 0 amide bonds. The maximum atomic E-state index is 5.95. The zero-order valence-corrected chi connectivity index (χ0v) is 9.87. The van der Waals surface area contributed by atoms with Crippen LogP contribution < -0.4 is 5.73 Å². The molecular weight excluding hydrogens is 212 g/mol. The van der Waals surface area contributed by atoms with Gasteiger partial charge in [-0.05, 0) is 31.9 Å². The highest BCUT2D eigenvalue weighted by atomic mass is 15.3.